The first-order valence-corrected chi connectivity index (χ1v) is 9.33. The summed E-state index contributed by atoms with van der Waals surface area (Å²) in [7, 11) is 0. The summed E-state index contributed by atoms with van der Waals surface area (Å²) in [4.78, 5) is 0. The third-order valence-corrected chi connectivity index (χ3v) is 4.90. The Morgan fingerprint density at radius 1 is 1.04 bits per heavy atom. The number of nitriles is 1. The number of hydrogen-bond acceptors (Lipinski definition) is 1. The van der Waals surface area contributed by atoms with Gasteiger partial charge in [0.15, 0.2) is 0 Å². The van der Waals surface area contributed by atoms with Gasteiger partial charge < -0.3 is 0 Å². The van der Waals surface area contributed by atoms with Gasteiger partial charge >= 0.3 is 0 Å². The Labute approximate surface area is 155 Å². The van der Waals surface area contributed by atoms with Crippen LogP contribution in [0.1, 0.15) is 43.7 Å². The van der Waals surface area contributed by atoms with Crippen LogP contribution in [0.25, 0.3) is 16.7 Å². The molecule has 2 aromatic rings. The molecule has 132 valence electrons. The fraction of sp³-hybridized carbons (Fsp3) is 0.292. The van der Waals surface area contributed by atoms with Crippen molar-refractivity contribution in [3.05, 3.63) is 77.9 Å². The highest BCUT2D eigenvalue weighted by atomic mass is 19.1. The van der Waals surface area contributed by atoms with E-state index in [-0.39, 0.29) is 6.42 Å². The van der Waals surface area contributed by atoms with Crippen LogP contribution in [-0.4, -0.2) is 5.67 Å². The van der Waals surface area contributed by atoms with E-state index >= 15 is 0 Å². The van der Waals surface area contributed by atoms with E-state index in [4.69, 9.17) is 5.26 Å². The van der Waals surface area contributed by atoms with Gasteiger partial charge in [0.2, 0.25) is 5.67 Å². The molecule has 0 spiro atoms. The molecule has 0 fully saturated rings. The molecule has 0 heterocycles. The normalized spacial score (nSPS) is 19.0. The zero-order valence-corrected chi connectivity index (χ0v) is 15.2. The molecule has 1 unspecified atom stereocenters. The maximum absolute atomic E-state index is 14.1. The minimum absolute atomic E-state index is 0.0973. The Balaban J connectivity index is 1.84. The van der Waals surface area contributed by atoms with Gasteiger partial charge in [-0.3, -0.25) is 0 Å². The number of allylic oxidation sites excluding steroid dienone is 4. The van der Waals surface area contributed by atoms with Crippen LogP contribution in [0.2, 0.25) is 0 Å². The molecule has 0 aliphatic heterocycles. The second-order valence-corrected chi connectivity index (χ2v) is 6.87. The summed E-state index contributed by atoms with van der Waals surface area (Å²) in [6.07, 6.45) is 9.87. The van der Waals surface area contributed by atoms with E-state index in [9.17, 15) is 4.39 Å². The van der Waals surface area contributed by atoms with Gasteiger partial charge in [-0.1, -0.05) is 80.4 Å². The summed E-state index contributed by atoms with van der Waals surface area (Å²) in [6.45, 7) is 2.22. The Hall–Kier alpha value is -2.66. The smallest absolute Gasteiger partial charge is 0.218 e. The highest BCUT2D eigenvalue weighted by Gasteiger charge is 2.27. The lowest BCUT2D eigenvalue weighted by atomic mass is 9.88. The van der Waals surface area contributed by atoms with E-state index in [1.54, 1.807) is 12.1 Å². The maximum Gasteiger partial charge on any atom is 0.218 e. The van der Waals surface area contributed by atoms with Crippen molar-refractivity contribution in [2.24, 2.45) is 0 Å². The molecule has 1 atom stereocenters. The number of aryl methyl sites for hydroxylation is 1. The second-order valence-electron chi connectivity index (χ2n) is 6.87. The van der Waals surface area contributed by atoms with Crippen LogP contribution in [0.3, 0.4) is 0 Å². The summed E-state index contributed by atoms with van der Waals surface area (Å²) in [5.41, 5.74) is 3.82. The fourth-order valence-electron chi connectivity index (χ4n) is 3.32. The maximum atomic E-state index is 14.1. The van der Waals surface area contributed by atoms with E-state index in [0.29, 0.717) is 0 Å². The number of nitrogens with zero attached hydrogens (tertiary/aromatic N) is 1. The van der Waals surface area contributed by atoms with Crippen LogP contribution in [0.5, 0.6) is 0 Å². The molecule has 0 bridgehead atoms. The lowest BCUT2D eigenvalue weighted by Crippen LogP contribution is -2.17. The Morgan fingerprint density at radius 2 is 1.77 bits per heavy atom. The third kappa shape index (κ3) is 4.11. The van der Waals surface area contributed by atoms with Crippen molar-refractivity contribution in [2.75, 3.05) is 0 Å². The topological polar surface area (TPSA) is 23.8 Å². The predicted molar refractivity (Wildman–Crippen MR) is 106 cm³/mol. The summed E-state index contributed by atoms with van der Waals surface area (Å²) < 4.78 is 14.1. The van der Waals surface area contributed by atoms with Crippen LogP contribution < -0.4 is 0 Å². The SMILES string of the molecule is CCCCCc1ccc(-c2ccccc2C2=CCC(F)(C#N)C=C2)cc1. The second kappa shape index (κ2) is 8.15. The van der Waals surface area contributed by atoms with Crippen molar-refractivity contribution in [2.45, 2.75) is 44.7 Å². The van der Waals surface area contributed by atoms with Crippen LogP contribution in [0.15, 0.2) is 66.8 Å². The zero-order valence-electron chi connectivity index (χ0n) is 15.2. The molecule has 26 heavy (non-hydrogen) atoms. The van der Waals surface area contributed by atoms with Crippen LogP contribution >= 0.6 is 0 Å². The first kappa shape index (κ1) is 18.1. The van der Waals surface area contributed by atoms with Crippen molar-refractivity contribution in [3.63, 3.8) is 0 Å². The number of alkyl halides is 1. The van der Waals surface area contributed by atoms with E-state index in [1.165, 1.54) is 30.9 Å². The first-order chi connectivity index (χ1) is 12.6. The number of hydrogen-bond donors (Lipinski definition) is 0. The minimum atomic E-state index is -1.88. The van der Waals surface area contributed by atoms with Crippen LogP contribution in [0.4, 0.5) is 4.39 Å². The van der Waals surface area contributed by atoms with E-state index < -0.39 is 5.67 Å². The summed E-state index contributed by atoms with van der Waals surface area (Å²) in [6, 6.07) is 18.6. The van der Waals surface area contributed by atoms with Crippen molar-refractivity contribution in [3.8, 4) is 17.2 Å². The molecular formula is C24H24FN. The summed E-state index contributed by atoms with van der Waals surface area (Å²) in [5.74, 6) is 0. The minimum Gasteiger partial charge on any atom is -0.222 e. The monoisotopic (exact) mass is 345 g/mol. The average molecular weight is 345 g/mol. The molecule has 2 heteroatoms. The number of halogens is 1. The van der Waals surface area contributed by atoms with Crippen molar-refractivity contribution in [1.29, 1.82) is 5.26 Å². The number of rotatable bonds is 6. The fourth-order valence-corrected chi connectivity index (χ4v) is 3.32. The van der Waals surface area contributed by atoms with E-state index in [2.05, 4.69) is 43.3 Å². The molecule has 1 aliphatic carbocycles. The van der Waals surface area contributed by atoms with Gasteiger partial charge in [0.25, 0.3) is 0 Å². The largest absolute Gasteiger partial charge is 0.222 e. The molecule has 0 amide bonds. The quantitative estimate of drug-likeness (QED) is 0.537. The van der Waals surface area contributed by atoms with Gasteiger partial charge in [-0.05, 0) is 46.7 Å². The highest BCUT2D eigenvalue weighted by molar-refractivity contribution is 5.86. The molecule has 1 nitrogen and oxygen atoms in total. The van der Waals surface area contributed by atoms with Crippen molar-refractivity contribution < 1.29 is 4.39 Å². The molecule has 0 saturated heterocycles. The molecular weight excluding hydrogens is 321 g/mol. The summed E-state index contributed by atoms with van der Waals surface area (Å²) in [5, 5.41) is 8.94. The van der Waals surface area contributed by atoms with Gasteiger partial charge in [-0.2, -0.15) is 5.26 Å². The Morgan fingerprint density at radius 3 is 2.38 bits per heavy atom. The summed E-state index contributed by atoms with van der Waals surface area (Å²) >= 11 is 0. The van der Waals surface area contributed by atoms with Gasteiger partial charge in [-0.25, -0.2) is 4.39 Å². The Kier molecular flexibility index (Phi) is 5.68. The molecule has 0 saturated carbocycles. The third-order valence-electron chi connectivity index (χ3n) is 4.90. The van der Waals surface area contributed by atoms with Crippen molar-refractivity contribution >= 4 is 5.57 Å². The zero-order chi connectivity index (χ0) is 18.4. The Bertz CT molecular complexity index is 855. The molecule has 0 radical (unpaired) electrons. The number of unbranched alkanes of at least 4 members (excludes halogenated alkanes) is 2. The standard InChI is InChI=1S/C24H24FN/c1-2-3-4-7-19-10-12-20(13-11-19)22-8-5-6-9-23(22)21-14-16-24(25,18-26)17-15-21/h5-6,8-16H,2-4,7,17H2,1H3. The van der Waals surface area contributed by atoms with Gasteiger partial charge in [-0.15, -0.1) is 0 Å². The highest BCUT2D eigenvalue weighted by Crippen LogP contribution is 2.34. The molecule has 0 aromatic heterocycles. The molecule has 2 aromatic carbocycles. The average Bonchev–Trinajstić information content (AvgIpc) is 2.69. The van der Waals surface area contributed by atoms with Gasteiger partial charge in [0.1, 0.15) is 6.07 Å². The van der Waals surface area contributed by atoms with Crippen LogP contribution in [0, 0.1) is 11.3 Å². The predicted octanol–water partition coefficient (Wildman–Crippen LogP) is 6.66. The lowest BCUT2D eigenvalue weighted by molar-refractivity contribution is 0.310. The van der Waals surface area contributed by atoms with Gasteiger partial charge in [0.05, 0.1) is 0 Å². The van der Waals surface area contributed by atoms with Crippen LogP contribution in [-0.2, 0) is 6.42 Å². The van der Waals surface area contributed by atoms with E-state index in [1.807, 2.05) is 18.2 Å². The van der Waals surface area contributed by atoms with Gasteiger partial charge in [0, 0.05) is 6.42 Å². The molecule has 1 aliphatic rings. The lowest BCUT2D eigenvalue weighted by Gasteiger charge is -2.18. The number of benzene rings is 2. The molecule has 0 N–H and O–H groups in total. The first-order valence-electron chi connectivity index (χ1n) is 9.33. The van der Waals surface area contributed by atoms with E-state index in [0.717, 1.165) is 28.7 Å². The molecule has 3 rings (SSSR count). The van der Waals surface area contributed by atoms with Crippen molar-refractivity contribution in [1.82, 2.24) is 0 Å².